The molecule has 2 rings (SSSR count). The van der Waals surface area contributed by atoms with E-state index in [0.717, 1.165) is 12.8 Å². The monoisotopic (exact) mass is 299 g/mol. The van der Waals surface area contributed by atoms with Crippen molar-refractivity contribution < 1.29 is 22.7 Å². The lowest BCUT2D eigenvalue weighted by atomic mass is 10.2. The maximum absolute atomic E-state index is 12.0. The van der Waals surface area contributed by atoms with Crippen LogP contribution in [-0.2, 0) is 25.1 Å². The van der Waals surface area contributed by atoms with E-state index in [1.54, 1.807) is 0 Å². The van der Waals surface area contributed by atoms with Crippen LogP contribution < -0.4 is 0 Å². The van der Waals surface area contributed by atoms with Gasteiger partial charge in [-0.05, 0) is 25.0 Å². The van der Waals surface area contributed by atoms with E-state index in [0.29, 0.717) is 17.9 Å². The highest BCUT2D eigenvalue weighted by Gasteiger charge is 2.24. The topological polar surface area (TPSA) is 82.6 Å². The zero-order chi connectivity index (χ0) is 14.6. The Labute approximate surface area is 118 Å². The Hall–Kier alpha value is -1.47. The summed E-state index contributed by atoms with van der Waals surface area (Å²) in [6, 6.07) is 3.04. The summed E-state index contributed by atoms with van der Waals surface area (Å²) < 4.78 is 33.9. The zero-order valence-electron chi connectivity index (χ0n) is 11.2. The molecule has 1 aromatic heterocycles. The molecule has 20 heavy (non-hydrogen) atoms. The number of esters is 1. The Morgan fingerprint density at radius 3 is 2.85 bits per heavy atom. The predicted octanol–water partition coefficient (Wildman–Crippen LogP) is 0.962. The van der Waals surface area contributed by atoms with Crippen LogP contribution in [0.5, 0.6) is 0 Å². The van der Waals surface area contributed by atoms with E-state index < -0.39 is 15.8 Å². The lowest BCUT2D eigenvalue weighted by Gasteiger charge is -2.10. The van der Waals surface area contributed by atoms with Crippen LogP contribution in [0, 0.1) is 0 Å². The van der Waals surface area contributed by atoms with Crippen molar-refractivity contribution in [1.29, 1.82) is 0 Å². The molecule has 1 saturated heterocycles. The van der Waals surface area contributed by atoms with E-state index in [1.807, 2.05) is 0 Å². The molecule has 0 spiro atoms. The van der Waals surface area contributed by atoms with Gasteiger partial charge in [-0.25, -0.2) is 13.2 Å². The molecule has 0 aromatic carbocycles. The van der Waals surface area contributed by atoms with Crippen LogP contribution in [0.1, 0.15) is 28.9 Å². The number of aromatic nitrogens is 1. The third-order valence-electron chi connectivity index (χ3n) is 3.08. The van der Waals surface area contributed by atoms with E-state index in [1.165, 1.54) is 25.4 Å². The van der Waals surface area contributed by atoms with Crippen molar-refractivity contribution in [2.45, 2.75) is 24.7 Å². The van der Waals surface area contributed by atoms with Crippen molar-refractivity contribution in [2.75, 3.05) is 19.5 Å². The van der Waals surface area contributed by atoms with Gasteiger partial charge in [0.05, 0.1) is 36.0 Å². The number of sulfone groups is 1. The van der Waals surface area contributed by atoms with E-state index in [9.17, 15) is 13.2 Å². The second kappa shape index (κ2) is 6.32. The molecule has 7 heteroatoms. The molecule has 2 heterocycles. The fourth-order valence-corrected chi connectivity index (χ4v) is 3.66. The summed E-state index contributed by atoms with van der Waals surface area (Å²) in [5.74, 6) is -0.617. The third kappa shape index (κ3) is 4.01. The standard InChI is InChI=1S/C13H17NO5S/c1-18-13(15)10-4-5-11(14-7-10)8-20(16,17)9-12-3-2-6-19-12/h4-5,7,12H,2-3,6,8-9H2,1H3. The molecular formula is C13H17NO5S. The average Bonchev–Trinajstić information content (AvgIpc) is 2.90. The molecule has 0 N–H and O–H groups in total. The SMILES string of the molecule is COC(=O)c1ccc(CS(=O)(=O)CC2CCCO2)nc1. The Balaban J connectivity index is 1.99. The summed E-state index contributed by atoms with van der Waals surface area (Å²) in [7, 11) is -1.98. The molecule has 1 atom stereocenters. The lowest BCUT2D eigenvalue weighted by Crippen LogP contribution is -2.21. The van der Waals surface area contributed by atoms with Crippen molar-refractivity contribution in [3.63, 3.8) is 0 Å². The number of methoxy groups -OCH3 is 1. The largest absolute Gasteiger partial charge is 0.465 e. The van der Waals surface area contributed by atoms with Crippen LogP contribution in [-0.4, -0.2) is 44.9 Å². The Bertz CT molecular complexity index is 561. The lowest BCUT2D eigenvalue weighted by molar-refractivity contribution is 0.0600. The van der Waals surface area contributed by atoms with Gasteiger partial charge in [-0.1, -0.05) is 0 Å². The van der Waals surface area contributed by atoms with Gasteiger partial charge >= 0.3 is 5.97 Å². The van der Waals surface area contributed by atoms with Crippen LogP contribution in [0.2, 0.25) is 0 Å². The molecular weight excluding hydrogens is 282 g/mol. The molecule has 1 fully saturated rings. The molecule has 0 radical (unpaired) electrons. The zero-order valence-corrected chi connectivity index (χ0v) is 12.1. The molecule has 0 amide bonds. The number of rotatable bonds is 5. The number of hydrogen-bond donors (Lipinski definition) is 0. The Morgan fingerprint density at radius 2 is 2.30 bits per heavy atom. The first-order chi connectivity index (χ1) is 9.50. The van der Waals surface area contributed by atoms with Crippen LogP contribution in [0.15, 0.2) is 18.3 Å². The van der Waals surface area contributed by atoms with Gasteiger partial charge in [-0.2, -0.15) is 0 Å². The summed E-state index contributed by atoms with van der Waals surface area (Å²) in [6.07, 6.45) is 2.82. The first-order valence-corrected chi connectivity index (χ1v) is 8.17. The van der Waals surface area contributed by atoms with E-state index >= 15 is 0 Å². The molecule has 1 aromatic rings. The molecule has 0 aliphatic carbocycles. The number of carbonyl (C=O) groups excluding carboxylic acids is 1. The fourth-order valence-electron chi connectivity index (χ4n) is 2.09. The van der Waals surface area contributed by atoms with Crippen molar-refractivity contribution in [2.24, 2.45) is 0 Å². The molecule has 1 aliphatic heterocycles. The van der Waals surface area contributed by atoms with Crippen LogP contribution in [0.4, 0.5) is 0 Å². The maximum Gasteiger partial charge on any atom is 0.339 e. The second-order valence-corrected chi connectivity index (χ2v) is 6.83. The van der Waals surface area contributed by atoms with E-state index in [2.05, 4.69) is 9.72 Å². The maximum atomic E-state index is 12.0. The Kier molecular flexibility index (Phi) is 4.72. The van der Waals surface area contributed by atoms with Gasteiger partial charge in [0.15, 0.2) is 9.84 Å². The summed E-state index contributed by atoms with van der Waals surface area (Å²) in [4.78, 5) is 15.2. The summed E-state index contributed by atoms with van der Waals surface area (Å²) in [6.45, 7) is 0.631. The molecule has 1 unspecified atom stereocenters. The number of ether oxygens (including phenoxy) is 2. The van der Waals surface area contributed by atoms with Crippen LogP contribution in [0.25, 0.3) is 0 Å². The highest BCUT2D eigenvalue weighted by atomic mass is 32.2. The Morgan fingerprint density at radius 1 is 1.50 bits per heavy atom. The number of pyridine rings is 1. The van der Waals surface area contributed by atoms with Crippen molar-refractivity contribution in [3.05, 3.63) is 29.6 Å². The van der Waals surface area contributed by atoms with Gasteiger partial charge in [0, 0.05) is 12.8 Å². The molecule has 0 saturated carbocycles. The number of carbonyl (C=O) groups is 1. The van der Waals surface area contributed by atoms with Gasteiger partial charge in [-0.3, -0.25) is 4.98 Å². The van der Waals surface area contributed by atoms with Crippen molar-refractivity contribution in [3.8, 4) is 0 Å². The van der Waals surface area contributed by atoms with Gasteiger partial charge in [0.1, 0.15) is 0 Å². The minimum Gasteiger partial charge on any atom is -0.465 e. The number of nitrogens with zero attached hydrogens (tertiary/aromatic N) is 1. The minimum atomic E-state index is -3.26. The van der Waals surface area contributed by atoms with Gasteiger partial charge in [0.25, 0.3) is 0 Å². The van der Waals surface area contributed by atoms with Gasteiger partial charge < -0.3 is 9.47 Å². The highest BCUT2D eigenvalue weighted by Crippen LogP contribution is 2.16. The minimum absolute atomic E-state index is 0.0213. The third-order valence-corrected chi connectivity index (χ3v) is 4.69. The summed E-state index contributed by atoms with van der Waals surface area (Å²) in [5, 5.41) is 0. The average molecular weight is 299 g/mol. The van der Waals surface area contributed by atoms with Crippen molar-refractivity contribution in [1.82, 2.24) is 4.98 Å². The predicted molar refractivity (Wildman–Crippen MR) is 72.0 cm³/mol. The van der Waals surface area contributed by atoms with Crippen LogP contribution >= 0.6 is 0 Å². The number of hydrogen-bond acceptors (Lipinski definition) is 6. The molecule has 110 valence electrons. The first kappa shape index (κ1) is 14.9. The highest BCUT2D eigenvalue weighted by molar-refractivity contribution is 7.90. The van der Waals surface area contributed by atoms with Gasteiger partial charge in [0.2, 0.25) is 0 Å². The van der Waals surface area contributed by atoms with E-state index in [-0.39, 0.29) is 17.6 Å². The smallest absolute Gasteiger partial charge is 0.339 e. The quantitative estimate of drug-likeness (QED) is 0.753. The first-order valence-electron chi connectivity index (χ1n) is 6.35. The van der Waals surface area contributed by atoms with Crippen molar-refractivity contribution >= 4 is 15.8 Å². The molecule has 1 aliphatic rings. The molecule has 6 nitrogen and oxygen atoms in total. The normalized spacial score (nSPS) is 18.9. The molecule has 0 bridgehead atoms. The summed E-state index contributed by atoms with van der Waals surface area (Å²) in [5.41, 5.74) is 0.712. The van der Waals surface area contributed by atoms with E-state index in [4.69, 9.17) is 4.74 Å². The van der Waals surface area contributed by atoms with Gasteiger partial charge in [-0.15, -0.1) is 0 Å². The van der Waals surface area contributed by atoms with Crippen LogP contribution in [0.3, 0.4) is 0 Å². The fraction of sp³-hybridized carbons (Fsp3) is 0.538. The second-order valence-electron chi connectivity index (χ2n) is 4.72. The summed E-state index contributed by atoms with van der Waals surface area (Å²) >= 11 is 0.